The molecule has 0 fully saturated rings. The van der Waals surface area contributed by atoms with Gasteiger partial charge < -0.3 is 9.42 Å². The molecule has 0 saturated carbocycles. The Balaban J connectivity index is 1.98. The van der Waals surface area contributed by atoms with Gasteiger partial charge in [0.2, 0.25) is 0 Å². The minimum atomic E-state index is 0.239. The Morgan fingerprint density at radius 2 is 2.00 bits per heavy atom. The predicted octanol–water partition coefficient (Wildman–Crippen LogP) is 2.71. The number of carbonyl (C=O) groups excluding carboxylic acids is 1. The fraction of sp³-hybridized carbons (Fsp3) is 0.400. The molecule has 0 atom stereocenters. The van der Waals surface area contributed by atoms with E-state index in [4.69, 9.17) is 4.52 Å². The van der Waals surface area contributed by atoms with Gasteiger partial charge in [0.1, 0.15) is 0 Å². The Hall–Kier alpha value is -2.17. The van der Waals surface area contributed by atoms with Gasteiger partial charge in [-0.2, -0.15) is 4.98 Å². The maximum Gasteiger partial charge on any atom is 0.265 e. The van der Waals surface area contributed by atoms with E-state index in [-0.39, 0.29) is 5.78 Å². The third kappa shape index (κ3) is 2.31. The highest BCUT2D eigenvalue weighted by Crippen LogP contribution is 2.26. The zero-order valence-electron chi connectivity index (χ0n) is 11.7. The number of aryl methyl sites for hydroxylation is 1. The van der Waals surface area contributed by atoms with Crippen molar-refractivity contribution in [3.63, 3.8) is 0 Å². The van der Waals surface area contributed by atoms with Gasteiger partial charge in [0.05, 0.1) is 0 Å². The highest BCUT2D eigenvalue weighted by atomic mass is 16.5. The molecule has 5 heteroatoms. The van der Waals surface area contributed by atoms with Crippen LogP contribution in [0.5, 0.6) is 0 Å². The van der Waals surface area contributed by atoms with Gasteiger partial charge in [0.25, 0.3) is 11.8 Å². The molecule has 0 unspecified atom stereocenters. The summed E-state index contributed by atoms with van der Waals surface area (Å²) in [5, 5.41) is 3.91. The van der Waals surface area contributed by atoms with E-state index in [1.165, 1.54) is 0 Å². The molecule has 20 heavy (non-hydrogen) atoms. The Bertz CT molecular complexity index is 646. The second kappa shape index (κ2) is 5.07. The van der Waals surface area contributed by atoms with Crippen LogP contribution in [0.2, 0.25) is 0 Å². The number of aromatic nitrogens is 2. The summed E-state index contributed by atoms with van der Waals surface area (Å²) in [5.41, 5.74) is 2.81. The van der Waals surface area contributed by atoms with Gasteiger partial charge in [0, 0.05) is 31.6 Å². The second-order valence-corrected chi connectivity index (χ2v) is 5.30. The number of hydrogen-bond donors (Lipinski definition) is 0. The summed E-state index contributed by atoms with van der Waals surface area (Å²) < 4.78 is 5.27. The number of Topliss-reactive ketones (excluding diaryl/α,β-unsaturated/α-hetero) is 1. The van der Waals surface area contributed by atoms with Crippen molar-refractivity contribution in [2.24, 2.45) is 0 Å². The van der Waals surface area contributed by atoms with Crippen molar-refractivity contribution in [1.29, 1.82) is 0 Å². The Morgan fingerprint density at radius 1 is 1.20 bits per heavy atom. The van der Waals surface area contributed by atoms with Crippen LogP contribution in [0.15, 0.2) is 22.7 Å². The van der Waals surface area contributed by atoms with E-state index >= 15 is 0 Å². The van der Waals surface area contributed by atoms with Crippen LogP contribution < -0.4 is 4.90 Å². The van der Waals surface area contributed by atoms with E-state index in [2.05, 4.69) is 10.1 Å². The first-order chi connectivity index (χ1) is 9.65. The fourth-order valence-corrected chi connectivity index (χ4v) is 2.46. The third-order valence-electron chi connectivity index (χ3n) is 3.57. The average Bonchev–Trinajstić information content (AvgIpc) is 2.86. The summed E-state index contributed by atoms with van der Waals surface area (Å²) >= 11 is 0. The summed E-state index contributed by atoms with van der Waals surface area (Å²) in [6.45, 7) is 0. The highest BCUT2D eigenvalue weighted by Gasteiger charge is 2.18. The Labute approximate surface area is 117 Å². The first-order valence-corrected chi connectivity index (χ1v) is 6.82. The zero-order valence-corrected chi connectivity index (χ0v) is 11.7. The molecule has 1 heterocycles. The van der Waals surface area contributed by atoms with Crippen LogP contribution in [-0.2, 0) is 6.42 Å². The van der Waals surface area contributed by atoms with Gasteiger partial charge in [-0.05, 0) is 42.1 Å². The molecule has 0 amide bonds. The summed E-state index contributed by atoms with van der Waals surface area (Å²) in [5.74, 6) is 1.28. The molecule has 1 aliphatic rings. The van der Waals surface area contributed by atoms with E-state index in [1.54, 1.807) is 4.90 Å². The van der Waals surface area contributed by atoms with E-state index in [0.717, 1.165) is 36.0 Å². The lowest BCUT2D eigenvalue weighted by atomic mass is 9.99. The molecule has 0 N–H and O–H groups in total. The van der Waals surface area contributed by atoms with Crippen LogP contribution in [0.4, 0.5) is 5.95 Å². The number of nitrogens with zero attached hydrogens (tertiary/aromatic N) is 3. The van der Waals surface area contributed by atoms with Gasteiger partial charge in [-0.25, -0.2) is 0 Å². The second-order valence-electron chi connectivity index (χ2n) is 5.30. The minimum Gasteiger partial charge on any atom is -0.344 e. The summed E-state index contributed by atoms with van der Waals surface area (Å²) in [7, 11) is 3.73. The molecule has 104 valence electrons. The molecule has 0 aliphatic heterocycles. The molecule has 0 saturated heterocycles. The molecule has 0 radical (unpaired) electrons. The summed E-state index contributed by atoms with van der Waals surface area (Å²) in [6.07, 6.45) is 3.60. The van der Waals surface area contributed by atoms with Crippen LogP contribution in [-0.4, -0.2) is 30.0 Å². The van der Waals surface area contributed by atoms with Crippen molar-refractivity contribution in [3.05, 3.63) is 29.3 Å². The van der Waals surface area contributed by atoms with Crippen molar-refractivity contribution >= 4 is 11.7 Å². The van der Waals surface area contributed by atoms with Crippen LogP contribution in [0.3, 0.4) is 0 Å². The number of fused-ring (bicyclic) bond motifs is 1. The SMILES string of the molecule is CN(C)c1noc(-c2ccc3c(c2)CCCCC3=O)n1. The smallest absolute Gasteiger partial charge is 0.265 e. The average molecular weight is 271 g/mol. The molecular formula is C15H17N3O2. The third-order valence-corrected chi connectivity index (χ3v) is 3.57. The molecule has 2 aromatic rings. The topological polar surface area (TPSA) is 59.2 Å². The Morgan fingerprint density at radius 3 is 2.75 bits per heavy atom. The lowest BCUT2D eigenvalue weighted by Gasteiger charge is -2.05. The van der Waals surface area contributed by atoms with E-state index in [0.29, 0.717) is 18.3 Å². The van der Waals surface area contributed by atoms with Gasteiger partial charge >= 0.3 is 0 Å². The molecule has 1 aromatic carbocycles. The molecular weight excluding hydrogens is 254 g/mol. The standard InChI is InChI=1S/C15H17N3O2/c1-18(2)15-16-14(20-17-15)11-7-8-12-10(9-11)5-3-4-6-13(12)19/h7-9H,3-6H2,1-2H3. The lowest BCUT2D eigenvalue weighted by Crippen LogP contribution is -2.10. The molecule has 0 bridgehead atoms. The first kappa shape index (κ1) is 12.8. The molecule has 1 aliphatic carbocycles. The van der Waals surface area contributed by atoms with Gasteiger partial charge in [-0.3, -0.25) is 4.79 Å². The number of anilines is 1. The summed E-state index contributed by atoms with van der Waals surface area (Å²) in [6, 6.07) is 5.78. The zero-order chi connectivity index (χ0) is 14.1. The lowest BCUT2D eigenvalue weighted by molar-refractivity contribution is 0.0982. The van der Waals surface area contributed by atoms with Crippen LogP contribution in [0, 0.1) is 0 Å². The van der Waals surface area contributed by atoms with E-state index in [1.807, 2.05) is 32.3 Å². The normalized spacial score (nSPS) is 14.8. The summed E-state index contributed by atoms with van der Waals surface area (Å²) in [4.78, 5) is 18.1. The van der Waals surface area contributed by atoms with Crippen LogP contribution in [0.1, 0.15) is 35.2 Å². The van der Waals surface area contributed by atoms with Crippen LogP contribution in [0.25, 0.3) is 11.5 Å². The highest BCUT2D eigenvalue weighted by molar-refractivity contribution is 5.98. The van der Waals surface area contributed by atoms with Crippen molar-refractivity contribution in [3.8, 4) is 11.5 Å². The molecule has 3 rings (SSSR count). The maximum atomic E-state index is 12.0. The monoisotopic (exact) mass is 271 g/mol. The van der Waals surface area contributed by atoms with Gasteiger partial charge in [-0.15, -0.1) is 0 Å². The maximum absolute atomic E-state index is 12.0. The van der Waals surface area contributed by atoms with Crippen molar-refractivity contribution in [2.75, 3.05) is 19.0 Å². The molecule has 1 aromatic heterocycles. The molecule has 0 spiro atoms. The number of rotatable bonds is 2. The van der Waals surface area contributed by atoms with Crippen molar-refractivity contribution < 1.29 is 9.32 Å². The molecule has 5 nitrogen and oxygen atoms in total. The van der Waals surface area contributed by atoms with Crippen molar-refractivity contribution in [1.82, 2.24) is 10.1 Å². The predicted molar refractivity (Wildman–Crippen MR) is 75.9 cm³/mol. The van der Waals surface area contributed by atoms with Crippen molar-refractivity contribution in [2.45, 2.75) is 25.7 Å². The Kier molecular flexibility index (Phi) is 3.26. The number of hydrogen-bond acceptors (Lipinski definition) is 5. The van der Waals surface area contributed by atoms with Gasteiger partial charge in [-0.1, -0.05) is 6.07 Å². The largest absolute Gasteiger partial charge is 0.344 e. The number of carbonyl (C=O) groups is 1. The van der Waals surface area contributed by atoms with Crippen LogP contribution >= 0.6 is 0 Å². The van der Waals surface area contributed by atoms with Gasteiger partial charge in [0.15, 0.2) is 5.78 Å². The number of ketones is 1. The minimum absolute atomic E-state index is 0.239. The quantitative estimate of drug-likeness (QED) is 0.786. The van der Waals surface area contributed by atoms with E-state index in [9.17, 15) is 4.79 Å². The fourth-order valence-electron chi connectivity index (χ4n) is 2.46. The van der Waals surface area contributed by atoms with E-state index < -0.39 is 0 Å². The number of benzene rings is 1. The first-order valence-electron chi connectivity index (χ1n) is 6.82.